The summed E-state index contributed by atoms with van der Waals surface area (Å²) in [7, 11) is 0. The average Bonchev–Trinajstić information content (AvgIpc) is 2.17. The van der Waals surface area contributed by atoms with Crippen LogP contribution < -0.4 is 10.6 Å². The number of carbonyl (C=O) groups excluding carboxylic acids is 1. The molecule has 1 unspecified atom stereocenters. The quantitative estimate of drug-likeness (QED) is 0.746. The predicted octanol–water partition coefficient (Wildman–Crippen LogP) is 3.05. The van der Waals surface area contributed by atoms with E-state index >= 15 is 0 Å². The van der Waals surface area contributed by atoms with Crippen LogP contribution in [0.25, 0.3) is 0 Å². The zero-order valence-corrected chi connectivity index (χ0v) is 11.1. The highest BCUT2D eigenvalue weighted by atomic mass is 16.2. The fourth-order valence-corrected chi connectivity index (χ4v) is 1.89. The van der Waals surface area contributed by atoms with Crippen LogP contribution in [0.2, 0.25) is 0 Å². The second-order valence-corrected chi connectivity index (χ2v) is 6.04. The Bertz CT molecular complexity index is 227. The SMILES string of the molecule is CC(NC(=O)NC1CCCCC1)C(C)(C)C. The molecule has 1 saturated carbocycles. The van der Waals surface area contributed by atoms with Crippen LogP contribution in [-0.4, -0.2) is 18.1 Å². The van der Waals surface area contributed by atoms with Crippen molar-refractivity contribution >= 4 is 6.03 Å². The lowest BCUT2D eigenvalue weighted by molar-refractivity contribution is 0.215. The van der Waals surface area contributed by atoms with Crippen molar-refractivity contribution in [1.29, 1.82) is 0 Å². The molecule has 1 fully saturated rings. The smallest absolute Gasteiger partial charge is 0.315 e. The number of urea groups is 1. The molecule has 0 spiro atoms. The number of carbonyl (C=O) groups is 1. The Morgan fingerprint density at radius 3 is 2.25 bits per heavy atom. The number of rotatable bonds is 2. The first-order valence-electron chi connectivity index (χ1n) is 6.46. The molecule has 0 bridgehead atoms. The van der Waals surface area contributed by atoms with Crippen molar-refractivity contribution in [2.24, 2.45) is 5.41 Å². The van der Waals surface area contributed by atoms with E-state index in [0.717, 1.165) is 12.8 Å². The first-order chi connectivity index (χ1) is 7.39. The molecule has 0 saturated heterocycles. The van der Waals surface area contributed by atoms with Crippen LogP contribution in [0.15, 0.2) is 0 Å². The number of hydrogen-bond donors (Lipinski definition) is 2. The van der Waals surface area contributed by atoms with E-state index in [1.165, 1.54) is 19.3 Å². The summed E-state index contributed by atoms with van der Waals surface area (Å²) in [6, 6.07) is 0.575. The Balaban J connectivity index is 2.29. The van der Waals surface area contributed by atoms with Crippen LogP contribution in [0.4, 0.5) is 4.79 Å². The third-order valence-corrected chi connectivity index (χ3v) is 3.59. The first-order valence-corrected chi connectivity index (χ1v) is 6.46. The zero-order chi connectivity index (χ0) is 12.2. The van der Waals surface area contributed by atoms with E-state index < -0.39 is 0 Å². The minimum Gasteiger partial charge on any atom is -0.335 e. The van der Waals surface area contributed by atoms with Gasteiger partial charge in [-0.2, -0.15) is 0 Å². The van der Waals surface area contributed by atoms with Crippen LogP contribution in [0.1, 0.15) is 59.8 Å². The highest BCUT2D eigenvalue weighted by molar-refractivity contribution is 5.74. The lowest BCUT2D eigenvalue weighted by atomic mass is 9.88. The Morgan fingerprint density at radius 1 is 1.19 bits per heavy atom. The standard InChI is InChI=1S/C13H26N2O/c1-10(13(2,3)4)14-12(16)15-11-8-6-5-7-9-11/h10-11H,5-9H2,1-4H3,(H2,14,15,16). The van der Waals surface area contributed by atoms with Crippen LogP contribution in [0.3, 0.4) is 0 Å². The highest BCUT2D eigenvalue weighted by Gasteiger charge is 2.23. The van der Waals surface area contributed by atoms with Crippen molar-refractivity contribution in [2.75, 3.05) is 0 Å². The zero-order valence-electron chi connectivity index (χ0n) is 11.1. The highest BCUT2D eigenvalue weighted by Crippen LogP contribution is 2.19. The molecule has 1 aliphatic rings. The number of amides is 2. The van der Waals surface area contributed by atoms with Gasteiger partial charge in [-0.3, -0.25) is 0 Å². The van der Waals surface area contributed by atoms with Gasteiger partial charge < -0.3 is 10.6 Å². The topological polar surface area (TPSA) is 41.1 Å². The van der Waals surface area contributed by atoms with Gasteiger partial charge in [-0.25, -0.2) is 4.79 Å². The molecule has 0 aliphatic heterocycles. The lowest BCUT2D eigenvalue weighted by Gasteiger charge is -2.30. The van der Waals surface area contributed by atoms with Gasteiger partial charge in [0, 0.05) is 12.1 Å². The molecule has 0 aromatic heterocycles. The van der Waals surface area contributed by atoms with Gasteiger partial charge in [-0.1, -0.05) is 40.0 Å². The van der Waals surface area contributed by atoms with Crippen molar-refractivity contribution < 1.29 is 4.79 Å². The minimum atomic E-state index is -0.00525. The monoisotopic (exact) mass is 226 g/mol. The molecule has 1 rings (SSSR count). The van der Waals surface area contributed by atoms with Crippen molar-refractivity contribution in [3.05, 3.63) is 0 Å². The van der Waals surface area contributed by atoms with Gasteiger partial charge in [0.15, 0.2) is 0 Å². The molecule has 0 heterocycles. The van der Waals surface area contributed by atoms with E-state index in [4.69, 9.17) is 0 Å². The van der Waals surface area contributed by atoms with Crippen LogP contribution in [0, 0.1) is 5.41 Å². The van der Waals surface area contributed by atoms with E-state index in [1.807, 2.05) is 0 Å². The fourth-order valence-electron chi connectivity index (χ4n) is 1.89. The predicted molar refractivity (Wildman–Crippen MR) is 67.5 cm³/mol. The summed E-state index contributed by atoms with van der Waals surface area (Å²) in [5, 5.41) is 6.09. The number of nitrogens with one attached hydrogen (secondary N) is 2. The molecule has 3 nitrogen and oxygen atoms in total. The lowest BCUT2D eigenvalue weighted by Crippen LogP contribution is -2.49. The first kappa shape index (κ1) is 13.3. The summed E-state index contributed by atoms with van der Waals surface area (Å²) in [6.45, 7) is 8.47. The normalized spacial score (nSPS) is 20.2. The molecule has 2 N–H and O–H groups in total. The van der Waals surface area contributed by atoms with Gasteiger partial charge in [0.2, 0.25) is 0 Å². The van der Waals surface area contributed by atoms with Gasteiger partial charge in [-0.05, 0) is 25.2 Å². The second kappa shape index (κ2) is 5.55. The van der Waals surface area contributed by atoms with Crippen molar-refractivity contribution in [3.63, 3.8) is 0 Å². The summed E-state index contributed by atoms with van der Waals surface area (Å²) in [5.41, 5.74) is 0.115. The molecular weight excluding hydrogens is 200 g/mol. The maximum absolute atomic E-state index is 11.7. The summed E-state index contributed by atoms with van der Waals surface area (Å²) in [5.74, 6) is 0. The average molecular weight is 226 g/mol. The number of hydrogen-bond acceptors (Lipinski definition) is 1. The largest absolute Gasteiger partial charge is 0.335 e. The maximum Gasteiger partial charge on any atom is 0.315 e. The molecule has 2 amide bonds. The molecule has 0 aromatic rings. The van der Waals surface area contributed by atoms with E-state index in [-0.39, 0.29) is 17.5 Å². The molecule has 0 aromatic carbocycles. The fraction of sp³-hybridized carbons (Fsp3) is 0.923. The third-order valence-electron chi connectivity index (χ3n) is 3.59. The summed E-state index contributed by atoms with van der Waals surface area (Å²) in [4.78, 5) is 11.7. The summed E-state index contributed by atoms with van der Waals surface area (Å²) in [6.07, 6.45) is 6.09. The van der Waals surface area contributed by atoms with E-state index in [2.05, 4.69) is 38.3 Å². The summed E-state index contributed by atoms with van der Waals surface area (Å²) < 4.78 is 0. The van der Waals surface area contributed by atoms with Crippen LogP contribution in [-0.2, 0) is 0 Å². The van der Waals surface area contributed by atoms with Gasteiger partial charge >= 0.3 is 6.03 Å². The van der Waals surface area contributed by atoms with Crippen molar-refractivity contribution in [2.45, 2.75) is 71.9 Å². The molecule has 1 atom stereocenters. The van der Waals surface area contributed by atoms with Crippen molar-refractivity contribution in [3.8, 4) is 0 Å². The van der Waals surface area contributed by atoms with Gasteiger partial charge in [0.25, 0.3) is 0 Å². The van der Waals surface area contributed by atoms with Crippen LogP contribution >= 0.6 is 0 Å². The minimum absolute atomic E-state index is 0.00525. The van der Waals surface area contributed by atoms with Gasteiger partial charge in [-0.15, -0.1) is 0 Å². The Kier molecular flexibility index (Phi) is 4.63. The molecule has 0 radical (unpaired) electrons. The Morgan fingerprint density at radius 2 is 1.75 bits per heavy atom. The third kappa shape index (κ3) is 4.42. The van der Waals surface area contributed by atoms with E-state index in [1.54, 1.807) is 0 Å². The molecule has 3 heteroatoms. The molecule has 16 heavy (non-hydrogen) atoms. The molecule has 94 valence electrons. The second-order valence-electron chi connectivity index (χ2n) is 6.04. The molecule has 1 aliphatic carbocycles. The van der Waals surface area contributed by atoms with Gasteiger partial charge in [0.05, 0.1) is 0 Å². The van der Waals surface area contributed by atoms with E-state index in [9.17, 15) is 4.79 Å². The van der Waals surface area contributed by atoms with Crippen LogP contribution in [0.5, 0.6) is 0 Å². The molecular formula is C13H26N2O. The maximum atomic E-state index is 11.7. The van der Waals surface area contributed by atoms with Crippen molar-refractivity contribution in [1.82, 2.24) is 10.6 Å². The Hall–Kier alpha value is -0.730. The Labute approximate surface area is 99.4 Å². The van der Waals surface area contributed by atoms with E-state index in [0.29, 0.717) is 6.04 Å². The summed E-state index contributed by atoms with van der Waals surface area (Å²) >= 11 is 0. The van der Waals surface area contributed by atoms with Gasteiger partial charge in [0.1, 0.15) is 0 Å².